The zero-order chi connectivity index (χ0) is 11.3. The molecule has 5 nitrogen and oxygen atoms in total. The third-order valence-corrected chi connectivity index (χ3v) is 2.34. The second kappa shape index (κ2) is 5.60. The van der Waals surface area contributed by atoms with Gasteiger partial charge in [0.25, 0.3) is 0 Å². The summed E-state index contributed by atoms with van der Waals surface area (Å²) in [7, 11) is 3.61. The third kappa shape index (κ3) is 3.13. The van der Waals surface area contributed by atoms with Crippen molar-refractivity contribution in [3.05, 3.63) is 5.69 Å². The van der Waals surface area contributed by atoms with Crippen LogP contribution in [0.2, 0.25) is 0 Å². The Balaban J connectivity index is 2.37. The van der Waals surface area contributed by atoms with Gasteiger partial charge in [0, 0.05) is 27.3 Å². The fourth-order valence-electron chi connectivity index (χ4n) is 1.46. The van der Waals surface area contributed by atoms with Crippen LogP contribution in [0.3, 0.4) is 0 Å². The summed E-state index contributed by atoms with van der Waals surface area (Å²) in [5.41, 5.74) is 7.49. The number of hydrogen-bond donors (Lipinski definition) is 2. The topological polar surface area (TPSA) is 65.1 Å². The van der Waals surface area contributed by atoms with E-state index in [9.17, 15) is 0 Å². The van der Waals surface area contributed by atoms with Crippen LogP contribution in [-0.4, -0.2) is 30.0 Å². The molecule has 1 heterocycles. The van der Waals surface area contributed by atoms with Crippen LogP contribution in [0.5, 0.6) is 0 Å². The summed E-state index contributed by atoms with van der Waals surface area (Å²) >= 11 is 0. The van der Waals surface area contributed by atoms with Crippen molar-refractivity contribution in [3.8, 4) is 0 Å². The first-order valence-corrected chi connectivity index (χ1v) is 5.18. The minimum atomic E-state index is 0.740. The van der Waals surface area contributed by atoms with E-state index in [0.29, 0.717) is 0 Å². The van der Waals surface area contributed by atoms with Gasteiger partial charge in [-0.05, 0) is 19.8 Å². The number of nitrogen functional groups attached to an aromatic ring is 1. The first-order chi connectivity index (χ1) is 7.16. The Morgan fingerprint density at radius 2 is 2.20 bits per heavy atom. The number of nitrogens with one attached hydrogen (secondary N) is 1. The molecule has 0 saturated heterocycles. The number of anilines is 2. The maximum Gasteiger partial charge on any atom is 0.147 e. The molecule has 15 heavy (non-hydrogen) atoms. The van der Waals surface area contributed by atoms with Crippen molar-refractivity contribution in [1.29, 1.82) is 0 Å². The van der Waals surface area contributed by atoms with Crippen LogP contribution < -0.4 is 11.1 Å². The van der Waals surface area contributed by atoms with Gasteiger partial charge in [0.05, 0.1) is 11.4 Å². The Morgan fingerprint density at radius 3 is 2.73 bits per heavy atom. The Labute approximate surface area is 90.6 Å². The summed E-state index contributed by atoms with van der Waals surface area (Å²) in [6, 6.07) is 0. The van der Waals surface area contributed by atoms with Crippen LogP contribution in [0.4, 0.5) is 11.5 Å². The normalized spacial score (nSPS) is 10.6. The minimum absolute atomic E-state index is 0.740. The SMILES string of the molecule is COCCCCNc1c(N)c(C)nn1C. The Morgan fingerprint density at radius 1 is 1.47 bits per heavy atom. The number of aromatic nitrogens is 2. The zero-order valence-corrected chi connectivity index (χ0v) is 9.71. The molecule has 0 atom stereocenters. The van der Waals surface area contributed by atoms with Gasteiger partial charge in [-0.3, -0.25) is 4.68 Å². The fourth-order valence-corrected chi connectivity index (χ4v) is 1.46. The monoisotopic (exact) mass is 212 g/mol. The predicted molar refractivity (Wildman–Crippen MR) is 62.0 cm³/mol. The zero-order valence-electron chi connectivity index (χ0n) is 9.71. The molecule has 0 aromatic carbocycles. The minimum Gasteiger partial charge on any atom is -0.394 e. The molecule has 0 bridgehead atoms. The van der Waals surface area contributed by atoms with Gasteiger partial charge >= 0.3 is 0 Å². The van der Waals surface area contributed by atoms with E-state index in [2.05, 4.69) is 10.4 Å². The number of unbranched alkanes of at least 4 members (excludes halogenated alkanes) is 1. The van der Waals surface area contributed by atoms with Gasteiger partial charge in [-0.25, -0.2) is 0 Å². The largest absolute Gasteiger partial charge is 0.394 e. The summed E-state index contributed by atoms with van der Waals surface area (Å²) in [4.78, 5) is 0. The van der Waals surface area contributed by atoms with Gasteiger partial charge in [-0.2, -0.15) is 5.10 Å². The molecule has 0 aliphatic heterocycles. The van der Waals surface area contributed by atoms with E-state index in [4.69, 9.17) is 10.5 Å². The first-order valence-electron chi connectivity index (χ1n) is 5.18. The molecule has 0 aliphatic carbocycles. The van der Waals surface area contributed by atoms with E-state index in [1.807, 2.05) is 14.0 Å². The molecule has 0 saturated carbocycles. The van der Waals surface area contributed by atoms with E-state index in [0.717, 1.165) is 43.2 Å². The maximum atomic E-state index is 5.87. The molecule has 0 unspecified atom stereocenters. The molecule has 1 rings (SSSR count). The molecular formula is C10H20N4O. The molecule has 3 N–H and O–H groups in total. The molecule has 0 radical (unpaired) electrons. The lowest BCUT2D eigenvalue weighted by molar-refractivity contribution is 0.193. The smallest absolute Gasteiger partial charge is 0.147 e. The summed E-state index contributed by atoms with van der Waals surface area (Å²) in [5.74, 6) is 0.907. The molecule has 0 amide bonds. The second-order valence-electron chi connectivity index (χ2n) is 3.60. The molecule has 1 aromatic heterocycles. The summed E-state index contributed by atoms with van der Waals surface area (Å²) in [6.07, 6.45) is 2.12. The van der Waals surface area contributed by atoms with Gasteiger partial charge in [0.2, 0.25) is 0 Å². The van der Waals surface area contributed by atoms with E-state index >= 15 is 0 Å². The average molecular weight is 212 g/mol. The maximum absolute atomic E-state index is 5.87. The van der Waals surface area contributed by atoms with Gasteiger partial charge in [-0.1, -0.05) is 0 Å². The van der Waals surface area contributed by atoms with Crippen molar-refractivity contribution in [1.82, 2.24) is 9.78 Å². The van der Waals surface area contributed by atoms with E-state index in [1.165, 1.54) is 0 Å². The number of rotatable bonds is 6. The van der Waals surface area contributed by atoms with Crippen LogP contribution in [-0.2, 0) is 11.8 Å². The molecule has 86 valence electrons. The Kier molecular flexibility index (Phi) is 4.42. The van der Waals surface area contributed by atoms with Crippen molar-refractivity contribution < 1.29 is 4.74 Å². The predicted octanol–water partition coefficient (Wildman–Crippen LogP) is 1.15. The molecule has 0 aliphatic rings. The highest BCUT2D eigenvalue weighted by atomic mass is 16.5. The van der Waals surface area contributed by atoms with Crippen LogP contribution in [0, 0.1) is 6.92 Å². The summed E-state index contributed by atoms with van der Waals surface area (Å²) < 4.78 is 6.75. The van der Waals surface area contributed by atoms with Crippen molar-refractivity contribution >= 4 is 11.5 Å². The highest BCUT2D eigenvalue weighted by Gasteiger charge is 2.08. The van der Waals surface area contributed by atoms with Crippen LogP contribution in [0.25, 0.3) is 0 Å². The number of nitrogens with zero attached hydrogens (tertiary/aromatic N) is 2. The van der Waals surface area contributed by atoms with Gasteiger partial charge < -0.3 is 15.8 Å². The Hall–Kier alpha value is -1.23. The van der Waals surface area contributed by atoms with Gasteiger partial charge in [0.15, 0.2) is 0 Å². The molecule has 1 aromatic rings. The third-order valence-electron chi connectivity index (χ3n) is 2.34. The summed E-state index contributed by atoms with van der Waals surface area (Å²) in [5, 5.41) is 7.51. The quantitative estimate of drug-likeness (QED) is 0.694. The first kappa shape index (κ1) is 11.8. The van der Waals surface area contributed by atoms with Crippen molar-refractivity contribution in [3.63, 3.8) is 0 Å². The lowest BCUT2D eigenvalue weighted by atomic mass is 10.3. The number of aryl methyl sites for hydroxylation is 2. The molecule has 5 heteroatoms. The van der Waals surface area contributed by atoms with Gasteiger partial charge in [0.1, 0.15) is 5.82 Å². The van der Waals surface area contributed by atoms with Gasteiger partial charge in [-0.15, -0.1) is 0 Å². The fraction of sp³-hybridized carbons (Fsp3) is 0.700. The lowest BCUT2D eigenvalue weighted by Gasteiger charge is -2.07. The van der Waals surface area contributed by atoms with Crippen LogP contribution in [0.1, 0.15) is 18.5 Å². The highest BCUT2D eigenvalue weighted by molar-refractivity contribution is 5.64. The standard InChI is InChI=1S/C10H20N4O/c1-8-9(11)10(14(2)13-8)12-6-4-5-7-15-3/h12H,4-7,11H2,1-3H3. The van der Waals surface area contributed by atoms with E-state index < -0.39 is 0 Å². The summed E-state index contributed by atoms with van der Waals surface area (Å²) in [6.45, 7) is 3.61. The number of nitrogens with two attached hydrogens (primary N) is 1. The second-order valence-corrected chi connectivity index (χ2v) is 3.60. The number of hydrogen-bond acceptors (Lipinski definition) is 4. The molecular weight excluding hydrogens is 192 g/mol. The average Bonchev–Trinajstić information content (AvgIpc) is 2.44. The van der Waals surface area contributed by atoms with E-state index in [-0.39, 0.29) is 0 Å². The molecule has 0 spiro atoms. The van der Waals surface area contributed by atoms with Crippen LogP contribution >= 0.6 is 0 Å². The van der Waals surface area contributed by atoms with Crippen molar-refractivity contribution in [2.45, 2.75) is 19.8 Å². The van der Waals surface area contributed by atoms with E-state index in [1.54, 1.807) is 11.8 Å². The highest BCUT2D eigenvalue weighted by Crippen LogP contribution is 2.20. The molecule has 0 fully saturated rings. The van der Waals surface area contributed by atoms with Crippen molar-refractivity contribution in [2.75, 3.05) is 31.3 Å². The lowest BCUT2D eigenvalue weighted by Crippen LogP contribution is -2.08. The Bertz CT molecular complexity index is 309. The van der Waals surface area contributed by atoms with Crippen LogP contribution in [0.15, 0.2) is 0 Å². The number of ether oxygens (including phenoxy) is 1. The number of methoxy groups -OCH3 is 1. The van der Waals surface area contributed by atoms with Crippen molar-refractivity contribution in [2.24, 2.45) is 7.05 Å².